The van der Waals surface area contributed by atoms with Crippen LogP contribution in [0, 0.1) is 0 Å². The van der Waals surface area contributed by atoms with Crippen LogP contribution in [-0.4, -0.2) is 21.9 Å². The highest BCUT2D eigenvalue weighted by molar-refractivity contribution is 6.32. The second kappa shape index (κ2) is 7.50. The largest absolute Gasteiger partial charge is 0.387 e. The van der Waals surface area contributed by atoms with Crippen LogP contribution >= 0.6 is 11.6 Å². The third-order valence-corrected chi connectivity index (χ3v) is 3.17. The molecule has 5 nitrogen and oxygen atoms in total. The smallest absolute Gasteiger partial charge is 0.281 e. The maximum atomic E-state index is 11.9. The summed E-state index contributed by atoms with van der Waals surface area (Å²) in [5, 5.41) is 7.20. The van der Waals surface area contributed by atoms with E-state index in [1.165, 1.54) is 17.8 Å². The Morgan fingerprint density at radius 2 is 2.00 bits per heavy atom. The number of rotatable bonds is 5. The van der Waals surface area contributed by atoms with E-state index in [9.17, 15) is 4.79 Å². The normalized spacial score (nSPS) is 11.4. The maximum absolute atomic E-state index is 11.9. The summed E-state index contributed by atoms with van der Waals surface area (Å²) in [6.07, 6.45) is 3.66. The number of nitrogens with zero attached hydrogens (tertiary/aromatic N) is 3. The van der Waals surface area contributed by atoms with Gasteiger partial charge in [-0.1, -0.05) is 41.9 Å². The predicted octanol–water partition coefficient (Wildman–Crippen LogP) is 2.65. The van der Waals surface area contributed by atoms with Crippen molar-refractivity contribution in [2.24, 2.45) is 10.7 Å². The van der Waals surface area contributed by atoms with E-state index < -0.39 is 5.91 Å². The Bertz CT molecular complexity index is 643. The predicted molar refractivity (Wildman–Crippen MR) is 82.4 cm³/mol. The summed E-state index contributed by atoms with van der Waals surface area (Å²) in [4.78, 5) is 15.7. The van der Waals surface area contributed by atoms with Crippen molar-refractivity contribution in [3.63, 3.8) is 0 Å². The highest BCUT2D eigenvalue weighted by Crippen LogP contribution is 2.12. The average molecular weight is 303 g/mol. The number of carbonyl (C=O) groups is 1. The fraction of sp³-hybridized carbons (Fsp3) is 0.200. The van der Waals surface area contributed by atoms with Crippen molar-refractivity contribution in [1.82, 2.24) is 10.2 Å². The Morgan fingerprint density at radius 1 is 1.24 bits per heavy atom. The molecule has 0 saturated heterocycles. The number of benzene rings is 1. The first-order valence-electron chi connectivity index (χ1n) is 6.55. The molecule has 0 unspecified atom stereocenters. The zero-order valence-corrected chi connectivity index (χ0v) is 12.1. The summed E-state index contributed by atoms with van der Waals surface area (Å²) in [5.41, 5.74) is 7.22. The van der Waals surface area contributed by atoms with Crippen LogP contribution in [0.25, 0.3) is 0 Å². The topological polar surface area (TPSA) is 81.2 Å². The average Bonchev–Trinajstić information content (AvgIpc) is 2.48. The van der Waals surface area contributed by atoms with Gasteiger partial charge in [0.2, 0.25) is 0 Å². The van der Waals surface area contributed by atoms with E-state index >= 15 is 0 Å². The number of amidine groups is 1. The molecule has 0 saturated carbocycles. The molecule has 0 radical (unpaired) electrons. The van der Waals surface area contributed by atoms with E-state index in [1.807, 2.05) is 18.2 Å². The molecule has 1 heterocycles. The molecule has 21 heavy (non-hydrogen) atoms. The molecular formula is C15H15ClN4O. The van der Waals surface area contributed by atoms with Crippen LogP contribution in [0.4, 0.5) is 0 Å². The fourth-order valence-corrected chi connectivity index (χ4v) is 2.03. The van der Waals surface area contributed by atoms with Crippen molar-refractivity contribution in [3.8, 4) is 0 Å². The third kappa shape index (κ3) is 4.65. The van der Waals surface area contributed by atoms with Crippen LogP contribution in [-0.2, 0) is 6.42 Å². The lowest BCUT2D eigenvalue weighted by Gasteiger charge is -2.02. The maximum Gasteiger partial charge on any atom is 0.281 e. The number of halogens is 1. The number of aromatic nitrogens is 2. The lowest BCUT2D eigenvalue weighted by atomic mass is 10.1. The Morgan fingerprint density at radius 3 is 2.71 bits per heavy atom. The summed E-state index contributed by atoms with van der Waals surface area (Å²) < 4.78 is 0. The summed E-state index contributed by atoms with van der Waals surface area (Å²) in [7, 11) is 0. The summed E-state index contributed by atoms with van der Waals surface area (Å²) in [6.45, 7) is 0. The monoisotopic (exact) mass is 302 g/mol. The van der Waals surface area contributed by atoms with E-state index in [0.29, 0.717) is 12.3 Å². The number of aryl methyl sites for hydroxylation is 1. The summed E-state index contributed by atoms with van der Waals surface area (Å²) in [5.74, 6) is -0.198. The van der Waals surface area contributed by atoms with Gasteiger partial charge in [0.15, 0.2) is 5.15 Å². The molecule has 0 bridgehead atoms. The van der Waals surface area contributed by atoms with Gasteiger partial charge in [0.25, 0.3) is 5.91 Å². The van der Waals surface area contributed by atoms with Crippen molar-refractivity contribution in [2.75, 3.05) is 0 Å². The lowest BCUT2D eigenvalue weighted by Crippen LogP contribution is -2.15. The van der Waals surface area contributed by atoms with E-state index in [-0.39, 0.29) is 10.7 Å². The Hall–Kier alpha value is -2.27. The number of carbonyl (C=O) groups excluding carboxylic acids is 1. The first-order valence-corrected chi connectivity index (χ1v) is 6.93. The van der Waals surface area contributed by atoms with Crippen LogP contribution in [0.2, 0.25) is 5.15 Å². The quantitative estimate of drug-likeness (QED) is 0.680. The van der Waals surface area contributed by atoms with Gasteiger partial charge in [-0.15, -0.1) is 5.10 Å². The second-order valence-electron chi connectivity index (χ2n) is 4.48. The van der Waals surface area contributed by atoms with Gasteiger partial charge < -0.3 is 5.73 Å². The SMILES string of the molecule is NC(CCCc1ccccc1)=NC(=O)c1ccnnc1Cl. The molecule has 0 aliphatic carbocycles. The van der Waals surface area contributed by atoms with E-state index in [2.05, 4.69) is 27.3 Å². The van der Waals surface area contributed by atoms with Gasteiger partial charge in [-0.05, 0) is 24.5 Å². The van der Waals surface area contributed by atoms with E-state index in [4.69, 9.17) is 17.3 Å². The zero-order valence-electron chi connectivity index (χ0n) is 11.4. The number of amides is 1. The standard InChI is InChI=1S/C15H15ClN4O/c16-14-12(9-10-18-20-14)15(21)19-13(17)8-4-7-11-5-2-1-3-6-11/h1-3,5-6,9-10H,4,7-8H2,(H2,17,19,21). The van der Waals surface area contributed by atoms with Gasteiger partial charge in [-0.3, -0.25) is 4.79 Å². The molecule has 1 aromatic heterocycles. The molecule has 2 aromatic rings. The van der Waals surface area contributed by atoms with Gasteiger partial charge in [0.1, 0.15) is 5.84 Å². The highest BCUT2D eigenvalue weighted by Gasteiger charge is 2.10. The molecule has 6 heteroatoms. The Kier molecular flexibility index (Phi) is 5.40. The van der Waals surface area contributed by atoms with Crippen LogP contribution in [0.15, 0.2) is 47.6 Å². The summed E-state index contributed by atoms with van der Waals surface area (Å²) >= 11 is 5.78. The first-order chi connectivity index (χ1) is 10.2. The molecule has 0 fully saturated rings. The Balaban J connectivity index is 1.89. The van der Waals surface area contributed by atoms with Crippen molar-refractivity contribution in [1.29, 1.82) is 0 Å². The first kappa shape index (κ1) is 15.1. The zero-order chi connectivity index (χ0) is 15.1. The van der Waals surface area contributed by atoms with Crippen LogP contribution in [0.3, 0.4) is 0 Å². The van der Waals surface area contributed by atoms with Gasteiger partial charge in [0.05, 0.1) is 11.8 Å². The minimum absolute atomic E-state index is 0.0309. The van der Waals surface area contributed by atoms with Crippen LogP contribution < -0.4 is 5.73 Å². The minimum Gasteiger partial charge on any atom is -0.387 e. The highest BCUT2D eigenvalue weighted by atomic mass is 35.5. The molecule has 2 N–H and O–H groups in total. The fourth-order valence-electron chi connectivity index (χ4n) is 1.84. The molecule has 0 atom stereocenters. The van der Waals surface area contributed by atoms with Crippen LogP contribution in [0.5, 0.6) is 0 Å². The number of hydrogen-bond donors (Lipinski definition) is 1. The molecule has 108 valence electrons. The number of nitrogens with two attached hydrogens (primary N) is 1. The molecule has 1 aromatic carbocycles. The van der Waals surface area contributed by atoms with E-state index in [1.54, 1.807) is 0 Å². The molecule has 0 aliphatic heterocycles. The Labute approximate surface area is 127 Å². The second-order valence-corrected chi connectivity index (χ2v) is 4.84. The van der Waals surface area contributed by atoms with E-state index in [0.717, 1.165) is 12.8 Å². The van der Waals surface area contributed by atoms with Gasteiger partial charge in [0, 0.05) is 6.42 Å². The number of aliphatic imine (C=N–C) groups is 1. The number of hydrogen-bond acceptors (Lipinski definition) is 3. The third-order valence-electron chi connectivity index (χ3n) is 2.89. The summed E-state index contributed by atoms with van der Waals surface area (Å²) in [6, 6.07) is 11.5. The van der Waals surface area contributed by atoms with Crippen LogP contribution in [0.1, 0.15) is 28.8 Å². The van der Waals surface area contributed by atoms with Crippen molar-refractivity contribution in [3.05, 3.63) is 58.9 Å². The molecule has 1 amide bonds. The van der Waals surface area contributed by atoms with Gasteiger partial charge >= 0.3 is 0 Å². The van der Waals surface area contributed by atoms with Gasteiger partial charge in [-0.25, -0.2) is 0 Å². The van der Waals surface area contributed by atoms with Crippen molar-refractivity contribution in [2.45, 2.75) is 19.3 Å². The molecule has 0 aliphatic rings. The van der Waals surface area contributed by atoms with Crippen molar-refractivity contribution >= 4 is 23.3 Å². The minimum atomic E-state index is -0.493. The van der Waals surface area contributed by atoms with Gasteiger partial charge in [-0.2, -0.15) is 10.1 Å². The van der Waals surface area contributed by atoms with Crippen molar-refractivity contribution < 1.29 is 4.79 Å². The molecule has 0 spiro atoms. The lowest BCUT2D eigenvalue weighted by molar-refractivity contribution is 0.100. The molecule has 2 rings (SSSR count). The molecular weight excluding hydrogens is 288 g/mol.